The van der Waals surface area contributed by atoms with Crippen LogP contribution in [0.25, 0.3) is 11.0 Å². The first kappa shape index (κ1) is 25.6. The van der Waals surface area contributed by atoms with E-state index in [1.807, 2.05) is 26.0 Å². The molecular formula is C25H26ClN5O4S. The van der Waals surface area contributed by atoms with Crippen LogP contribution in [0, 0.1) is 6.92 Å². The van der Waals surface area contributed by atoms with Crippen molar-refractivity contribution in [1.82, 2.24) is 19.3 Å². The minimum Gasteiger partial charge on any atom is -0.497 e. The zero-order chi connectivity index (χ0) is 25.8. The molecule has 0 saturated heterocycles. The molecule has 4 aromatic rings. The van der Waals surface area contributed by atoms with E-state index >= 15 is 0 Å². The van der Waals surface area contributed by atoms with Crippen LogP contribution in [-0.2, 0) is 17.9 Å². The number of thioether (sulfide) groups is 1. The van der Waals surface area contributed by atoms with Gasteiger partial charge in [0.15, 0.2) is 10.7 Å². The zero-order valence-corrected chi connectivity index (χ0v) is 21.9. The number of ether oxygens (including phenoxy) is 2. The molecule has 2 heterocycles. The minimum absolute atomic E-state index is 0.0277. The van der Waals surface area contributed by atoms with Crippen LogP contribution < -0.4 is 20.3 Å². The first-order chi connectivity index (χ1) is 17.3. The summed E-state index contributed by atoms with van der Waals surface area (Å²) in [5.74, 6) is 0.849. The third-order valence-corrected chi connectivity index (χ3v) is 6.78. The molecule has 0 radical (unpaired) electrons. The second kappa shape index (κ2) is 11.0. The fraction of sp³-hybridized carbons (Fsp3) is 0.280. The molecule has 0 spiro atoms. The van der Waals surface area contributed by atoms with Gasteiger partial charge in [-0.1, -0.05) is 35.5 Å². The topological polar surface area (TPSA) is 100 Å². The third kappa shape index (κ3) is 5.34. The molecule has 0 unspecified atom stereocenters. The predicted molar refractivity (Wildman–Crippen MR) is 142 cm³/mol. The lowest BCUT2D eigenvalue weighted by molar-refractivity contribution is -0.113. The van der Waals surface area contributed by atoms with Crippen molar-refractivity contribution in [3.8, 4) is 11.5 Å². The molecule has 4 rings (SSSR count). The fourth-order valence-electron chi connectivity index (χ4n) is 3.77. The molecule has 9 nitrogen and oxygen atoms in total. The Morgan fingerprint density at radius 2 is 1.89 bits per heavy atom. The van der Waals surface area contributed by atoms with Crippen LogP contribution in [-0.4, -0.2) is 45.2 Å². The van der Waals surface area contributed by atoms with Gasteiger partial charge in [0.2, 0.25) is 5.91 Å². The summed E-state index contributed by atoms with van der Waals surface area (Å²) < 4.78 is 13.8. The molecule has 0 aliphatic rings. The smallest absolute Gasteiger partial charge is 0.280 e. The number of anilines is 1. The van der Waals surface area contributed by atoms with Crippen molar-refractivity contribution < 1.29 is 14.3 Å². The lowest BCUT2D eigenvalue weighted by atomic mass is 10.2. The maximum absolute atomic E-state index is 13.6. The number of carbonyl (C=O) groups excluding carboxylic acids is 1. The molecule has 11 heteroatoms. The van der Waals surface area contributed by atoms with Gasteiger partial charge in [-0.3, -0.25) is 18.8 Å². The number of rotatable bonds is 9. The zero-order valence-electron chi connectivity index (χ0n) is 20.4. The van der Waals surface area contributed by atoms with Crippen LogP contribution in [0.5, 0.6) is 11.5 Å². The van der Waals surface area contributed by atoms with Gasteiger partial charge in [-0.2, -0.15) is 5.10 Å². The molecular weight excluding hydrogens is 502 g/mol. The summed E-state index contributed by atoms with van der Waals surface area (Å²) in [5, 5.41) is 8.35. The molecule has 1 N–H and O–H groups in total. The van der Waals surface area contributed by atoms with Gasteiger partial charge in [-0.05, 0) is 43.7 Å². The molecule has 0 atom stereocenters. The van der Waals surface area contributed by atoms with Gasteiger partial charge >= 0.3 is 0 Å². The molecule has 36 heavy (non-hydrogen) atoms. The molecule has 0 aliphatic heterocycles. The molecule has 188 valence electrons. The standard InChI is InChI=1S/C25H26ClN5O4S/c1-5-31-23-22(15(2)29-31)28-25(30(24(23)33)13-16-6-8-17(26)9-7-16)36-14-21(32)27-19-12-18(34-3)10-11-20(19)35-4/h6-12H,5,13-14H2,1-4H3,(H,27,32). The summed E-state index contributed by atoms with van der Waals surface area (Å²) in [5.41, 5.74) is 2.80. The van der Waals surface area contributed by atoms with Gasteiger partial charge < -0.3 is 14.8 Å². The van der Waals surface area contributed by atoms with Crippen LogP contribution in [0.15, 0.2) is 52.4 Å². The van der Waals surface area contributed by atoms with Crippen molar-refractivity contribution in [2.45, 2.75) is 32.1 Å². The highest BCUT2D eigenvalue weighted by Crippen LogP contribution is 2.29. The SMILES string of the molecule is CCn1nc(C)c2nc(SCC(=O)Nc3cc(OC)ccc3OC)n(Cc3ccc(Cl)cc3)c(=O)c21. The van der Waals surface area contributed by atoms with Crippen molar-refractivity contribution in [3.63, 3.8) is 0 Å². The van der Waals surface area contributed by atoms with E-state index < -0.39 is 0 Å². The molecule has 0 bridgehead atoms. The Balaban J connectivity index is 1.66. The normalized spacial score (nSPS) is 11.0. The van der Waals surface area contributed by atoms with Crippen molar-refractivity contribution >= 4 is 46.0 Å². The number of hydrogen-bond donors (Lipinski definition) is 1. The number of benzene rings is 2. The maximum atomic E-state index is 13.6. The quantitative estimate of drug-likeness (QED) is 0.255. The van der Waals surface area contributed by atoms with E-state index in [1.165, 1.54) is 18.9 Å². The first-order valence-corrected chi connectivity index (χ1v) is 12.6. The number of nitrogens with zero attached hydrogens (tertiary/aromatic N) is 4. The van der Waals surface area contributed by atoms with Crippen molar-refractivity contribution in [2.24, 2.45) is 0 Å². The Morgan fingerprint density at radius 3 is 2.56 bits per heavy atom. The molecule has 1 amide bonds. The van der Waals surface area contributed by atoms with E-state index in [9.17, 15) is 9.59 Å². The Labute approximate surface area is 217 Å². The van der Waals surface area contributed by atoms with Crippen LogP contribution in [0.2, 0.25) is 5.02 Å². The van der Waals surface area contributed by atoms with Gasteiger partial charge in [0.1, 0.15) is 17.0 Å². The van der Waals surface area contributed by atoms with E-state index in [0.29, 0.717) is 50.6 Å². The highest BCUT2D eigenvalue weighted by molar-refractivity contribution is 7.99. The van der Waals surface area contributed by atoms with E-state index in [1.54, 1.807) is 46.7 Å². The summed E-state index contributed by atoms with van der Waals surface area (Å²) in [7, 11) is 3.08. The fourth-order valence-corrected chi connectivity index (χ4v) is 4.68. The Kier molecular flexibility index (Phi) is 7.85. The summed E-state index contributed by atoms with van der Waals surface area (Å²) in [6.07, 6.45) is 0. The summed E-state index contributed by atoms with van der Waals surface area (Å²) in [6, 6.07) is 12.4. The average molecular weight is 528 g/mol. The first-order valence-electron chi connectivity index (χ1n) is 11.2. The van der Waals surface area contributed by atoms with Crippen LogP contribution in [0.4, 0.5) is 5.69 Å². The maximum Gasteiger partial charge on any atom is 0.280 e. The van der Waals surface area contributed by atoms with Gasteiger partial charge in [-0.25, -0.2) is 4.98 Å². The highest BCUT2D eigenvalue weighted by Gasteiger charge is 2.19. The Hall–Kier alpha value is -3.50. The molecule has 0 saturated carbocycles. The summed E-state index contributed by atoms with van der Waals surface area (Å²) >= 11 is 7.21. The number of aryl methyl sites for hydroxylation is 2. The largest absolute Gasteiger partial charge is 0.497 e. The highest BCUT2D eigenvalue weighted by atomic mass is 35.5. The van der Waals surface area contributed by atoms with Crippen molar-refractivity contribution in [2.75, 3.05) is 25.3 Å². The van der Waals surface area contributed by atoms with Crippen LogP contribution in [0.1, 0.15) is 18.2 Å². The number of methoxy groups -OCH3 is 2. The van der Waals surface area contributed by atoms with E-state index in [0.717, 1.165) is 5.56 Å². The number of fused-ring (bicyclic) bond motifs is 1. The number of aromatic nitrogens is 4. The number of nitrogens with one attached hydrogen (secondary N) is 1. The third-order valence-electron chi connectivity index (χ3n) is 5.55. The monoisotopic (exact) mass is 527 g/mol. The van der Waals surface area contributed by atoms with E-state index in [2.05, 4.69) is 10.4 Å². The number of halogens is 1. The lowest BCUT2D eigenvalue weighted by Gasteiger charge is -2.14. The number of carbonyl (C=O) groups is 1. The van der Waals surface area contributed by atoms with Crippen LogP contribution >= 0.6 is 23.4 Å². The molecule has 2 aromatic heterocycles. The Bertz CT molecular complexity index is 1470. The van der Waals surface area contributed by atoms with Gasteiger partial charge in [-0.15, -0.1) is 0 Å². The van der Waals surface area contributed by atoms with Gasteiger partial charge in [0, 0.05) is 17.6 Å². The minimum atomic E-state index is -0.278. The number of amides is 1. The van der Waals surface area contributed by atoms with E-state index in [-0.39, 0.29) is 23.8 Å². The summed E-state index contributed by atoms with van der Waals surface area (Å²) in [6.45, 7) is 4.56. The molecule has 0 fully saturated rings. The Morgan fingerprint density at radius 1 is 1.14 bits per heavy atom. The second-order valence-corrected chi connectivity index (χ2v) is 9.29. The van der Waals surface area contributed by atoms with Crippen molar-refractivity contribution in [1.29, 1.82) is 0 Å². The summed E-state index contributed by atoms with van der Waals surface area (Å²) in [4.78, 5) is 31.2. The van der Waals surface area contributed by atoms with E-state index in [4.69, 9.17) is 26.1 Å². The lowest BCUT2D eigenvalue weighted by Crippen LogP contribution is -2.26. The molecule has 2 aromatic carbocycles. The predicted octanol–water partition coefficient (Wildman–Crippen LogP) is 4.37. The second-order valence-electron chi connectivity index (χ2n) is 7.91. The number of hydrogen-bond acceptors (Lipinski definition) is 7. The van der Waals surface area contributed by atoms with Gasteiger partial charge in [0.05, 0.1) is 37.9 Å². The average Bonchev–Trinajstić information content (AvgIpc) is 3.21. The molecule has 0 aliphatic carbocycles. The van der Waals surface area contributed by atoms with Crippen LogP contribution in [0.3, 0.4) is 0 Å². The van der Waals surface area contributed by atoms with Gasteiger partial charge in [0.25, 0.3) is 5.56 Å². The van der Waals surface area contributed by atoms with Crippen molar-refractivity contribution in [3.05, 3.63) is 69.1 Å².